The van der Waals surface area contributed by atoms with Gasteiger partial charge in [0.2, 0.25) is 11.8 Å². The van der Waals surface area contributed by atoms with Gasteiger partial charge in [-0.1, -0.05) is 127 Å². The Kier molecular flexibility index (Phi) is 11.0. The van der Waals surface area contributed by atoms with E-state index >= 15 is 0 Å². The fourth-order valence-corrected chi connectivity index (χ4v) is 5.39. The predicted octanol–water partition coefficient (Wildman–Crippen LogP) is 8.07. The Morgan fingerprint density at radius 3 is 1.90 bits per heavy atom. The zero-order chi connectivity index (χ0) is 29.2. The van der Waals surface area contributed by atoms with Gasteiger partial charge in [-0.05, 0) is 47.7 Å². The van der Waals surface area contributed by atoms with Gasteiger partial charge in [-0.2, -0.15) is 0 Å². The first-order valence-electron chi connectivity index (χ1n) is 14.0. The Bertz CT molecular complexity index is 1370. The molecule has 0 heterocycles. The van der Waals surface area contributed by atoms with Crippen LogP contribution < -0.4 is 5.32 Å². The van der Waals surface area contributed by atoms with Crippen molar-refractivity contribution in [1.82, 2.24) is 10.2 Å². The summed E-state index contributed by atoms with van der Waals surface area (Å²) in [6, 6.07) is 34.3. The van der Waals surface area contributed by atoms with E-state index < -0.39 is 6.04 Å². The van der Waals surface area contributed by atoms with Crippen LogP contribution in [0.3, 0.4) is 0 Å². The highest BCUT2D eigenvalue weighted by atomic mass is 35.5. The second kappa shape index (κ2) is 14.9. The monoisotopic (exact) mass is 586 g/mol. The van der Waals surface area contributed by atoms with E-state index in [4.69, 9.17) is 23.2 Å². The molecule has 212 valence electrons. The molecular weight excluding hydrogens is 551 g/mol. The molecule has 0 radical (unpaired) electrons. The molecule has 0 aliphatic carbocycles. The zero-order valence-electron chi connectivity index (χ0n) is 23.5. The standard InChI is InChI=1S/C35H36Cl2N2O2/c1-3-25(2)38-35(41)33(21-26-13-7-4-8-14-26)39(24-29-19-20-30(36)22-32(29)37)34(40)23-31(27-15-9-5-10-16-27)28-17-11-6-12-18-28/h4-20,22,25,31,33H,3,21,23-24H2,1-2H3,(H,38,41)/t25-,33+/m0/s1. The topological polar surface area (TPSA) is 49.4 Å². The van der Waals surface area contributed by atoms with E-state index in [1.165, 1.54) is 0 Å². The van der Waals surface area contributed by atoms with Gasteiger partial charge in [0.1, 0.15) is 6.04 Å². The molecule has 2 amide bonds. The van der Waals surface area contributed by atoms with E-state index in [-0.39, 0.29) is 36.7 Å². The average Bonchev–Trinajstić information content (AvgIpc) is 2.99. The highest BCUT2D eigenvalue weighted by molar-refractivity contribution is 6.35. The normalized spacial score (nSPS) is 12.5. The average molecular weight is 588 g/mol. The number of amides is 2. The maximum atomic E-state index is 14.5. The fourth-order valence-electron chi connectivity index (χ4n) is 4.92. The Morgan fingerprint density at radius 2 is 1.37 bits per heavy atom. The summed E-state index contributed by atoms with van der Waals surface area (Å²) in [7, 11) is 0. The second-order valence-corrected chi connectivity index (χ2v) is 11.2. The minimum atomic E-state index is -0.738. The summed E-state index contributed by atoms with van der Waals surface area (Å²) in [5.41, 5.74) is 3.79. The first-order valence-corrected chi connectivity index (χ1v) is 14.8. The Hall–Kier alpha value is -3.60. The molecule has 0 unspecified atom stereocenters. The molecule has 0 aliphatic rings. The minimum absolute atomic E-state index is 0.0294. The maximum absolute atomic E-state index is 14.5. The van der Waals surface area contributed by atoms with Crippen LogP contribution in [-0.4, -0.2) is 28.8 Å². The van der Waals surface area contributed by atoms with Crippen molar-refractivity contribution in [3.63, 3.8) is 0 Å². The van der Waals surface area contributed by atoms with Gasteiger partial charge >= 0.3 is 0 Å². The lowest BCUT2D eigenvalue weighted by Gasteiger charge is -2.33. The number of hydrogen-bond acceptors (Lipinski definition) is 2. The van der Waals surface area contributed by atoms with Gasteiger partial charge in [0, 0.05) is 41.4 Å². The van der Waals surface area contributed by atoms with Crippen LogP contribution in [0.25, 0.3) is 0 Å². The molecule has 1 N–H and O–H groups in total. The molecule has 0 spiro atoms. The number of hydrogen-bond donors (Lipinski definition) is 1. The Morgan fingerprint density at radius 1 is 0.805 bits per heavy atom. The van der Waals surface area contributed by atoms with Gasteiger partial charge in [0.25, 0.3) is 0 Å². The van der Waals surface area contributed by atoms with Gasteiger partial charge in [-0.25, -0.2) is 0 Å². The summed E-state index contributed by atoms with van der Waals surface area (Å²) >= 11 is 12.8. The van der Waals surface area contributed by atoms with E-state index in [9.17, 15) is 9.59 Å². The molecule has 0 bridgehead atoms. The number of carbonyl (C=O) groups is 2. The van der Waals surface area contributed by atoms with Crippen LogP contribution in [0.2, 0.25) is 10.0 Å². The van der Waals surface area contributed by atoms with Crippen LogP contribution in [0, 0.1) is 0 Å². The lowest BCUT2D eigenvalue weighted by atomic mass is 9.87. The number of nitrogens with one attached hydrogen (secondary N) is 1. The summed E-state index contributed by atoms with van der Waals surface area (Å²) in [5, 5.41) is 4.10. The quantitative estimate of drug-likeness (QED) is 0.182. The van der Waals surface area contributed by atoms with Crippen molar-refractivity contribution in [3.05, 3.63) is 141 Å². The van der Waals surface area contributed by atoms with E-state index in [1.54, 1.807) is 17.0 Å². The molecule has 6 heteroatoms. The van der Waals surface area contributed by atoms with E-state index in [0.29, 0.717) is 16.5 Å². The molecule has 0 aromatic heterocycles. The lowest BCUT2D eigenvalue weighted by molar-refractivity contribution is -0.141. The van der Waals surface area contributed by atoms with Crippen molar-refractivity contribution < 1.29 is 9.59 Å². The molecule has 0 fully saturated rings. The van der Waals surface area contributed by atoms with Gasteiger partial charge < -0.3 is 10.2 Å². The summed E-state index contributed by atoms with van der Waals surface area (Å²) in [6.45, 7) is 4.18. The molecule has 0 saturated carbocycles. The summed E-state index contributed by atoms with van der Waals surface area (Å²) < 4.78 is 0. The SMILES string of the molecule is CC[C@H](C)NC(=O)[C@@H](Cc1ccccc1)N(Cc1ccc(Cl)cc1Cl)C(=O)CC(c1ccccc1)c1ccccc1. The number of carbonyl (C=O) groups excluding carboxylic acids is 2. The summed E-state index contributed by atoms with van der Waals surface area (Å²) in [4.78, 5) is 30.0. The second-order valence-electron chi connectivity index (χ2n) is 10.4. The Balaban J connectivity index is 1.76. The van der Waals surface area contributed by atoms with Crippen molar-refractivity contribution in [2.24, 2.45) is 0 Å². The van der Waals surface area contributed by atoms with Crippen LogP contribution in [0.5, 0.6) is 0 Å². The van der Waals surface area contributed by atoms with Crippen LogP contribution in [0.15, 0.2) is 109 Å². The van der Waals surface area contributed by atoms with Crippen molar-refractivity contribution in [2.75, 3.05) is 0 Å². The van der Waals surface area contributed by atoms with Crippen molar-refractivity contribution in [3.8, 4) is 0 Å². The summed E-state index contributed by atoms with van der Waals surface area (Å²) in [5.74, 6) is -0.491. The Labute approximate surface area is 253 Å². The molecule has 4 aromatic rings. The van der Waals surface area contributed by atoms with Gasteiger partial charge in [0.05, 0.1) is 0 Å². The molecule has 4 aromatic carbocycles. The van der Waals surface area contributed by atoms with Crippen molar-refractivity contribution >= 4 is 35.0 Å². The van der Waals surface area contributed by atoms with Crippen LogP contribution in [0.4, 0.5) is 0 Å². The number of benzene rings is 4. The minimum Gasteiger partial charge on any atom is -0.352 e. The third-order valence-corrected chi connectivity index (χ3v) is 8.00. The maximum Gasteiger partial charge on any atom is 0.243 e. The highest BCUT2D eigenvalue weighted by Crippen LogP contribution is 2.31. The fraction of sp³-hybridized carbons (Fsp3) is 0.257. The number of halogens is 2. The molecule has 0 aliphatic heterocycles. The van der Waals surface area contributed by atoms with E-state index in [2.05, 4.69) is 5.32 Å². The van der Waals surface area contributed by atoms with Crippen molar-refractivity contribution in [2.45, 2.75) is 57.7 Å². The largest absolute Gasteiger partial charge is 0.352 e. The van der Waals surface area contributed by atoms with Gasteiger partial charge in [-0.3, -0.25) is 9.59 Å². The lowest BCUT2D eigenvalue weighted by Crippen LogP contribution is -2.52. The number of rotatable bonds is 12. The molecule has 41 heavy (non-hydrogen) atoms. The van der Waals surface area contributed by atoms with Crippen LogP contribution >= 0.6 is 23.2 Å². The molecular formula is C35H36Cl2N2O2. The van der Waals surface area contributed by atoms with E-state index in [1.807, 2.05) is 111 Å². The first-order chi connectivity index (χ1) is 19.9. The highest BCUT2D eigenvalue weighted by Gasteiger charge is 2.33. The molecule has 4 nitrogen and oxygen atoms in total. The molecule has 0 saturated heterocycles. The smallest absolute Gasteiger partial charge is 0.243 e. The third-order valence-electron chi connectivity index (χ3n) is 7.41. The third kappa shape index (κ3) is 8.45. The van der Waals surface area contributed by atoms with Gasteiger partial charge in [-0.15, -0.1) is 0 Å². The zero-order valence-corrected chi connectivity index (χ0v) is 25.0. The van der Waals surface area contributed by atoms with Crippen molar-refractivity contribution in [1.29, 1.82) is 0 Å². The van der Waals surface area contributed by atoms with E-state index in [0.717, 1.165) is 28.7 Å². The van der Waals surface area contributed by atoms with Crippen LogP contribution in [-0.2, 0) is 22.6 Å². The first kappa shape index (κ1) is 30.4. The summed E-state index contributed by atoms with van der Waals surface area (Å²) in [6.07, 6.45) is 1.35. The molecule has 2 atom stereocenters. The van der Waals surface area contributed by atoms with Crippen LogP contribution in [0.1, 0.15) is 54.9 Å². The predicted molar refractivity (Wildman–Crippen MR) is 168 cm³/mol. The molecule has 4 rings (SSSR count). The van der Waals surface area contributed by atoms with Gasteiger partial charge in [0.15, 0.2) is 0 Å². The number of nitrogens with zero attached hydrogens (tertiary/aromatic N) is 1.